The number of para-hydroxylation sites is 1. The molecule has 142 valence electrons. The first-order valence-corrected chi connectivity index (χ1v) is 10.3. The van der Waals surface area contributed by atoms with E-state index in [1.165, 1.54) is 0 Å². The molecule has 6 heteroatoms. The Bertz CT molecular complexity index is 825. The maximum Gasteiger partial charge on any atom is 0.236 e. The number of hydrogen-bond donors (Lipinski definition) is 0. The number of rotatable bonds is 7. The molecular weight excluding hydrogens is 358 g/mol. The third-order valence-corrected chi connectivity index (χ3v) is 5.74. The summed E-state index contributed by atoms with van der Waals surface area (Å²) >= 11 is 1.66. The number of hydrogen-bond acceptors (Lipinski definition) is 6. The predicted octanol–water partition coefficient (Wildman–Crippen LogP) is 3.91. The van der Waals surface area contributed by atoms with E-state index < -0.39 is 0 Å². The summed E-state index contributed by atoms with van der Waals surface area (Å²) < 4.78 is 11.7. The highest BCUT2D eigenvalue weighted by molar-refractivity contribution is 7.13. The highest BCUT2D eigenvalue weighted by Crippen LogP contribution is 2.26. The van der Waals surface area contributed by atoms with Crippen LogP contribution >= 0.6 is 11.3 Å². The largest absolute Gasteiger partial charge is 0.492 e. The van der Waals surface area contributed by atoms with Crippen molar-refractivity contribution < 1.29 is 9.15 Å². The first kappa shape index (κ1) is 18.2. The van der Waals surface area contributed by atoms with Crippen molar-refractivity contribution in [2.45, 2.75) is 13.5 Å². The summed E-state index contributed by atoms with van der Waals surface area (Å²) in [5, 5.41) is 2.05. The van der Waals surface area contributed by atoms with Gasteiger partial charge in [-0.05, 0) is 30.5 Å². The first-order chi connectivity index (χ1) is 13.3. The van der Waals surface area contributed by atoms with E-state index in [4.69, 9.17) is 14.1 Å². The van der Waals surface area contributed by atoms with Crippen LogP contribution in [-0.4, -0.2) is 54.1 Å². The summed E-state index contributed by atoms with van der Waals surface area (Å²) in [6, 6.07) is 14.1. The summed E-state index contributed by atoms with van der Waals surface area (Å²) in [6.07, 6.45) is 0. The fourth-order valence-electron chi connectivity index (χ4n) is 3.27. The van der Waals surface area contributed by atoms with E-state index >= 15 is 0 Å². The average Bonchev–Trinajstić information content (AvgIpc) is 3.35. The van der Waals surface area contributed by atoms with Crippen LogP contribution in [0, 0.1) is 6.92 Å². The number of ether oxygens (including phenoxy) is 1. The van der Waals surface area contributed by atoms with Crippen LogP contribution in [0.15, 0.2) is 52.3 Å². The second-order valence-corrected chi connectivity index (χ2v) is 7.73. The molecule has 0 saturated carbocycles. The highest BCUT2D eigenvalue weighted by atomic mass is 32.1. The van der Waals surface area contributed by atoms with Gasteiger partial charge in [-0.2, -0.15) is 0 Å². The molecule has 4 rings (SSSR count). The average molecular weight is 384 g/mol. The molecule has 0 amide bonds. The van der Waals surface area contributed by atoms with E-state index in [0.29, 0.717) is 0 Å². The van der Waals surface area contributed by atoms with Crippen LogP contribution in [0.25, 0.3) is 10.8 Å². The smallest absolute Gasteiger partial charge is 0.236 e. The Morgan fingerprint density at radius 3 is 2.56 bits per heavy atom. The number of benzene rings is 1. The van der Waals surface area contributed by atoms with Crippen LogP contribution in [0.5, 0.6) is 5.75 Å². The maximum absolute atomic E-state index is 5.86. The van der Waals surface area contributed by atoms with Crippen LogP contribution in [0.3, 0.4) is 0 Å². The number of piperazine rings is 1. The monoisotopic (exact) mass is 383 g/mol. The fourth-order valence-corrected chi connectivity index (χ4v) is 3.92. The third kappa shape index (κ3) is 4.77. The van der Waals surface area contributed by atoms with E-state index in [1.54, 1.807) is 11.3 Å². The summed E-state index contributed by atoms with van der Waals surface area (Å²) in [5.41, 5.74) is 1.05. The van der Waals surface area contributed by atoms with Crippen LogP contribution in [-0.2, 0) is 6.54 Å². The fraction of sp³-hybridized carbons (Fsp3) is 0.381. The third-order valence-electron chi connectivity index (χ3n) is 4.88. The zero-order valence-electron chi connectivity index (χ0n) is 15.6. The molecule has 0 N–H and O–H groups in total. The summed E-state index contributed by atoms with van der Waals surface area (Å²) in [7, 11) is 0. The van der Waals surface area contributed by atoms with Gasteiger partial charge >= 0.3 is 0 Å². The number of oxazole rings is 1. The molecule has 3 heterocycles. The Hall–Kier alpha value is -2.15. The number of aromatic nitrogens is 1. The lowest BCUT2D eigenvalue weighted by Gasteiger charge is -2.34. The molecule has 0 aliphatic carbocycles. The van der Waals surface area contributed by atoms with Gasteiger partial charge in [0.25, 0.3) is 0 Å². The minimum absolute atomic E-state index is 0.733. The molecule has 0 bridgehead atoms. The molecule has 1 aromatic carbocycles. The Balaban J connectivity index is 1.23. The van der Waals surface area contributed by atoms with Gasteiger partial charge < -0.3 is 9.15 Å². The molecule has 27 heavy (non-hydrogen) atoms. The molecule has 0 unspecified atom stereocenters. The van der Waals surface area contributed by atoms with Gasteiger partial charge in [-0.1, -0.05) is 24.3 Å². The summed E-state index contributed by atoms with van der Waals surface area (Å²) in [4.78, 5) is 10.7. The van der Waals surface area contributed by atoms with Crippen LogP contribution in [0.2, 0.25) is 0 Å². The van der Waals surface area contributed by atoms with Crippen molar-refractivity contribution in [3.63, 3.8) is 0 Å². The van der Waals surface area contributed by atoms with E-state index in [1.807, 2.05) is 43.3 Å². The summed E-state index contributed by atoms with van der Waals surface area (Å²) in [6.45, 7) is 8.79. The van der Waals surface area contributed by atoms with E-state index in [2.05, 4.69) is 21.2 Å². The van der Waals surface area contributed by atoms with Gasteiger partial charge in [-0.3, -0.25) is 9.80 Å². The Kier molecular flexibility index (Phi) is 5.87. The Morgan fingerprint density at radius 2 is 1.81 bits per heavy atom. The molecule has 0 atom stereocenters. The lowest BCUT2D eigenvalue weighted by molar-refractivity contribution is 0.111. The van der Waals surface area contributed by atoms with Crippen LogP contribution in [0.4, 0.5) is 0 Å². The lowest BCUT2D eigenvalue weighted by Crippen LogP contribution is -2.47. The molecule has 1 aliphatic rings. The predicted molar refractivity (Wildman–Crippen MR) is 108 cm³/mol. The van der Waals surface area contributed by atoms with Gasteiger partial charge in [0.05, 0.1) is 10.6 Å². The molecule has 1 saturated heterocycles. The van der Waals surface area contributed by atoms with Crippen molar-refractivity contribution in [1.82, 2.24) is 14.8 Å². The molecule has 1 fully saturated rings. The van der Waals surface area contributed by atoms with Crippen molar-refractivity contribution in [2.24, 2.45) is 0 Å². The van der Waals surface area contributed by atoms with E-state index in [0.717, 1.165) is 73.8 Å². The minimum Gasteiger partial charge on any atom is -0.492 e. The molecular formula is C21H25N3O2S. The lowest BCUT2D eigenvalue weighted by atomic mass is 10.2. The van der Waals surface area contributed by atoms with Crippen LogP contribution < -0.4 is 4.74 Å². The molecule has 0 radical (unpaired) electrons. The normalized spacial score (nSPS) is 15.9. The number of aryl methyl sites for hydroxylation is 1. The van der Waals surface area contributed by atoms with E-state index in [9.17, 15) is 0 Å². The van der Waals surface area contributed by atoms with Gasteiger partial charge in [-0.15, -0.1) is 11.3 Å². The molecule has 5 nitrogen and oxygen atoms in total. The zero-order chi connectivity index (χ0) is 18.5. The Labute approximate surface area is 164 Å². The Morgan fingerprint density at radius 1 is 1.04 bits per heavy atom. The van der Waals surface area contributed by atoms with Gasteiger partial charge in [-0.25, -0.2) is 4.98 Å². The molecule has 3 aromatic rings. The van der Waals surface area contributed by atoms with Gasteiger partial charge in [0.1, 0.15) is 18.1 Å². The van der Waals surface area contributed by atoms with Crippen molar-refractivity contribution in [3.05, 3.63) is 59.3 Å². The van der Waals surface area contributed by atoms with Crippen molar-refractivity contribution in [2.75, 3.05) is 39.3 Å². The molecule has 0 spiro atoms. The van der Waals surface area contributed by atoms with Gasteiger partial charge in [0.15, 0.2) is 0 Å². The number of nitrogens with zero attached hydrogens (tertiary/aromatic N) is 3. The standard InChI is InChI=1S/C21H25N3O2S/c1-17-19(22-21(26-17)20-8-5-15-27-20)16-24-11-9-23(10-12-24)13-14-25-18-6-3-2-4-7-18/h2-8,15H,9-14,16H2,1H3. The highest BCUT2D eigenvalue weighted by Gasteiger charge is 2.20. The number of thiophene rings is 1. The second kappa shape index (κ2) is 8.69. The van der Waals surface area contributed by atoms with Gasteiger partial charge in [0, 0.05) is 39.3 Å². The first-order valence-electron chi connectivity index (χ1n) is 9.41. The maximum atomic E-state index is 5.86. The van der Waals surface area contributed by atoms with E-state index in [-0.39, 0.29) is 0 Å². The molecule has 2 aromatic heterocycles. The van der Waals surface area contributed by atoms with Crippen molar-refractivity contribution in [1.29, 1.82) is 0 Å². The zero-order valence-corrected chi connectivity index (χ0v) is 16.5. The minimum atomic E-state index is 0.733. The van der Waals surface area contributed by atoms with Gasteiger partial charge in [0.2, 0.25) is 5.89 Å². The second-order valence-electron chi connectivity index (χ2n) is 6.78. The quantitative estimate of drug-likeness (QED) is 0.619. The SMILES string of the molecule is Cc1oc(-c2cccs2)nc1CN1CCN(CCOc2ccccc2)CC1. The van der Waals surface area contributed by atoms with Crippen molar-refractivity contribution >= 4 is 11.3 Å². The topological polar surface area (TPSA) is 41.7 Å². The summed E-state index contributed by atoms with van der Waals surface area (Å²) in [5.74, 6) is 2.62. The van der Waals surface area contributed by atoms with Crippen LogP contribution in [0.1, 0.15) is 11.5 Å². The molecule has 1 aliphatic heterocycles. The van der Waals surface area contributed by atoms with Crippen molar-refractivity contribution in [3.8, 4) is 16.5 Å².